The molecular formula is C11H13N3O. The van der Waals surface area contributed by atoms with Crippen molar-refractivity contribution in [2.45, 2.75) is 25.7 Å². The Balaban J connectivity index is 2.12. The molecular weight excluding hydrogens is 190 g/mol. The molecule has 15 heavy (non-hydrogen) atoms. The molecule has 0 amide bonds. The second kappa shape index (κ2) is 2.95. The summed E-state index contributed by atoms with van der Waals surface area (Å²) in [6.45, 7) is 1.97. The van der Waals surface area contributed by atoms with Gasteiger partial charge >= 0.3 is 0 Å². The number of nitrogens with zero attached hydrogens (tertiary/aromatic N) is 3. The average molecular weight is 203 g/mol. The molecule has 0 bridgehead atoms. The van der Waals surface area contributed by atoms with Gasteiger partial charge in [-0.1, -0.05) is 5.16 Å². The van der Waals surface area contributed by atoms with Gasteiger partial charge in [0, 0.05) is 19.2 Å². The van der Waals surface area contributed by atoms with Gasteiger partial charge < -0.3 is 4.52 Å². The fraction of sp³-hybridized carbons (Fsp3) is 0.455. The van der Waals surface area contributed by atoms with Crippen LogP contribution in [0.4, 0.5) is 0 Å². The SMILES string of the molecule is Cc1noc(C2CC2)c1-c1ccn(C)n1. The molecule has 4 nitrogen and oxygen atoms in total. The largest absolute Gasteiger partial charge is 0.360 e. The maximum atomic E-state index is 5.38. The first-order chi connectivity index (χ1) is 7.25. The third-order valence-electron chi connectivity index (χ3n) is 2.81. The number of aromatic nitrogens is 3. The summed E-state index contributed by atoms with van der Waals surface area (Å²) >= 11 is 0. The van der Waals surface area contributed by atoms with Gasteiger partial charge in [-0.3, -0.25) is 4.68 Å². The number of aryl methyl sites for hydroxylation is 2. The first-order valence-electron chi connectivity index (χ1n) is 5.22. The Morgan fingerprint density at radius 3 is 2.87 bits per heavy atom. The van der Waals surface area contributed by atoms with E-state index in [1.54, 1.807) is 4.68 Å². The second-order valence-electron chi connectivity index (χ2n) is 4.16. The van der Waals surface area contributed by atoms with E-state index in [0.29, 0.717) is 5.92 Å². The van der Waals surface area contributed by atoms with E-state index in [1.165, 1.54) is 12.8 Å². The van der Waals surface area contributed by atoms with Crippen molar-refractivity contribution in [2.75, 3.05) is 0 Å². The summed E-state index contributed by atoms with van der Waals surface area (Å²) in [5.74, 6) is 1.59. The van der Waals surface area contributed by atoms with Crippen LogP contribution in [0.5, 0.6) is 0 Å². The first-order valence-corrected chi connectivity index (χ1v) is 5.22. The third-order valence-corrected chi connectivity index (χ3v) is 2.81. The lowest BCUT2D eigenvalue weighted by Gasteiger charge is -1.96. The van der Waals surface area contributed by atoms with Crippen molar-refractivity contribution < 1.29 is 4.52 Å². The molecule has 78 valence electrons. The van der Waals surface area contributed by atoms with Gasteiger partial charge in [-0.25, -0.2) is 0 Å². The molecule has 2 aromatic heterocycles. The highest BCUT2D eigenvalue weighted by atomic mass is 16.5. The number of hydrogen-bond acceptors (Lipinski definition) is 3. The Labute approximate surface area is 87.9 Å². The van der Waals surface area contributed by atoms with Crippen molar-refractivity contribution in [3.63, 3.8) is 0 Å². The molecule has 0 unspecified atom stereocenters. The maximum Gasteiger partial charge on any atom is 0.149 e. The van der Waals surface area contributed by atoms with Crippen LogP contribution in [0.1, 0.15) is 30.2 Å². The maximum absolute atomic E-state index is 5.38. The Kier molecular flexibility index (Phi) is 1.71. The van der Waals surface area contributed by atoms with Crippen LogP contribution in [-0.2, 0) is 7.05 Å². The topological polar surface area (TPSA) is 43.9 Å². The van der Waals surface area contributed by atoms with Gasteiger partial charge in [0.1, 0.15) is 5.76 Å². The number of rotatable bonds is 2. The van der Waals surface area contributed by atoms with E-state index in [-0.39, 0.29) is 0 Å². The molecule has 1 aliphatic carbocycles. The summed E-state index contributed by atoms with van der Waals surface area (Å²) in [6, 6.07) is 2.01. The molecule has 1 fully saturated rings. The lowest BCUT2D eigenvalue weighted by atomic mass is 10.1. The Morgan fingerprint density at radius 1 is 1.47 bits per heavy atom. The summed E-state index contributed by atoms with van der Waals surface area (Å²) in [5, 5.41) is 8.44. The molecule has 2 aromatic rings. The minimum atomic E-state index is 0.572. The van der Waals surface area contributed by atoms with E-state index in [0.717, 1.165) is 22.7 Å². The second-order valence-corrected chi connectivity index (χ2v) is 4.16. The highest BCUT2D eigenvalue weighted by molar-refractivity contribution is 5.64. The van der Waals surface area contributed by atoms with Crippen LogP contribution >= 0.6 is 0 Å². The van der Waals surface area contributed by atoms with E-state index in [9.17, 15) is 0 Å². The lowest BCUT2D eigenvalue weighted by Crippen LogP contribution is -1.90. The van der Waals surface area contributed by atoms with E-state index in [4.69, 9.17) is 4.52 Å². The molecule has 0 saturated heterocycles. The lowest BCUT2D eigenvalue weighted by molar-refractivity contribution is 0.381. The summed E-state index contributed by atoms with van der Waals surface area (Å²) in [5.41, 5.74) is 3.01. The van der Waals surface area contributed by atoms with Gasteiger partial charge in [-0.15, -0.1) is 0 Å². The normalized spacial score (nSPS) is 15.9. The minimum Gasteiger partial charge on any atom is -0.360 e. The fourth-order valence-electron chi connectivity index (χ4n) is 1.87. The van der Waals surface area contributed by atoms with Gasteiger partial charge in [0.15, 0.2) is 0 Å². The molecule has 1 saturated carbocycles. The zero-order chi connectivity index (χ0) is 10.4. The zero-order valence-corrected chi connectivity index (χ0v) is 8.90. The van der Waals surface area contributed by atoms with Crippen molar-refractivity contribution in [3.05, 3.63) is 23.7 Å². The van der Waals surface area contributed by atoms with E-state index in [1.807, 2.05) is 26.2 Å². The average Bonchev–Trinajstić information content (AvgIpc) is 2.86. The summed E-state index contributed by atoms with van der Waals surface area (Å²) < 4.78 is 7.19. The molecule has 0 N–H and O–H groups in total. The fourth-order valence-corrected chi connectivity index (χ4v) is 1.87. The van der Waals surface area contributed by atoms with E-state index in [2.05, 4.69) is 10.3 Å². The summed E-state index contributed by atoms with van der Waals surface area (Å²) in [4.78, 5) is 0. The van der Waals surface area contributed by atoms with Crippen LogP contribution in [0.2, 0.25) is 0 Å². The van der Waals surface area contributed by atoms with Crippen LogP contribution in [0, 0.1) is 6.92 Å². The molecule has 0 radical (unpaired) electrons. The van der Waals surface area contributed by atoms with Crippen molar-refractivity contribution in [1.29, 1.82) is 0 Å². The van der Waals surface area contributed by atoms with Crippen molar-refractivity contribution in [3.8, 4) is 11.3 Å². The van der Waals surface area contributed by atoms with Crippen molar-refractivity contribution in [1.82, 2.24) is 14.9 Å². The van der Waals surface area contributed by atoms with Gasteiger partial charge in [-0.05, 0) is 25.8 Å². The van der Waals surface area contributed by atoms with Crippen LogP contribution < -0.4 is 0 Å². The van der Waals surface area contributed by atoms with Crippen LogP contribution in [-0.4, -0.2) is 14.9 Å². The van der Waals surface area contributed by atoms with E-state index < -0.39 is 0 Å². The molecule has 0 aromatic carbocycles. The molecule has 3 rings (SSSR count). The highest BCUT2D eigenvalue weighted by Gasteiger charge is 2.32. The smallest absolute Gasteiger partial charge is 0.149 e. The summed E-state index contributed by atoms with van der Waals surface area (Å²) in [7, 11) is 1.92. The van der Waals surface area contributed by atoms with Crippen LogP contribution in [0.25, 0.3) is 11.3 Å². The highest BCUT2D eigenvalue weighted by Crippen LogP contribution is 2.45. The molecule has 2 heterocycles. The summed E-state index contributed by atoms with van der Waals surface area (Å²) in [6.07, 6.45) is 4.38. The monoisotopic (exact) mass is 203 g/mol. The predicted molar refractivity (Wildman–Crippen MR) is 55.4 cm³/mol. The first kappa shape index (κ1) is 8.71. The third kappa shape index (κ3) is 1.37. The van der Waals surface area contributed by atoms with Crippen LogP contribution in [0.15, 0.2) is 16.8 Å². The molecule has 0 aliphatic heterocycles. The Hall–Kier alpha value is -1.58. The van der Waals surface area contributed by atoms with E-state index >= 15 is 0 Å². The van der Waals surface area contributed by atoms with Crippen molar-refractivity contribution >= 4 is 0 Å². The van der Waals surface area contributed by atoms with Gasteiger partial charge in [0.05, 0.1) is 17.0 Å². The number of hydrogen-bond donors (Lipinski definition) is 0. The Morgan fingerprint density at radius 2 is 2.27 bits per heavy atom. The molecule has 0 spiro atoms. The van der Waals surface area contributed by atoms with Gasteiger partial charge in [-0.2, -0.15) is 5.10 Å². The van der Waals surface area contributed by atoms with Crippen LogP contribution in [0.3, 0.4) is 0 Å². The molecule has 4 heteroatoms. The van der Waals surface area contributed by atoms with Gasteiger partial charge in [0.2, 0.25) is 0 Å². The standard InChI is InChI=1S/C11H13N3O/c1-7-10(9-5-6-14(2)12-9)11(15-13-7)8-3-4-8/h5-6,8H,3-4H2,1-2H3. The zero-order valence-electron chi connectivity index (χ0n) is 8.90. The molecule has 0 atom stereocenters. The quantitative estimate of drug-likeness (QED) is 0.752. The Bertz CT molecular complexity index is 494. The predicted octanol–water partition coefficient (Wildman–Crippen LogP) is 2.26. The van der Waals surface area contributed by atoms with Gasteiger partial charge in [0.25, 0.3) is 0 Å². The van der Waals surface area contributed by atoms with Crippen molar-refractivity contribution in [2.24, 2.45) is 7.05 Å². The minimum absolute atomic E-state index is 0.572. The molecule has 1 aliphatic rings.